The summed E-state index contributed by atoms with van der Waals surface area (Å²) in [5.41, 5.74) is 2.97. The van der Waals surface area contributed by atoms with E-state index in [0.29, 0.717) is 0 Å². The Morgan fingerprint density at radius 2 is 1.83 bits per heavy atom. The molecule has 2 aromatic heterocycles. The smallest absolute Gasteiger partial charge is 0.419 e. The van der Waals surface area contributed by atoms with E-state index < -0.39 is 5.60 Å². The first kappa shape index (κ1) is 14.8. The SMILES string of the molecule is Cc1cc2c3ccccc3n(C(=O)OC(C)(C)C)c2c2ccoc12. The monoisotopic (exact) mass is 321 g/mol. The topological polar surface area (TPSA) is 44.4 Å². The molecule has 4 nitrogen and oxygen atoms in total. The lowest BCUT2D eigenvalue weighted by Gasteiger charge is -2.20. The zero-order valence-electron chi connectivity index (χ0n) is 14.2. The van der Waals surface area contributed by atoms with Crippen LogP contribution in [0.25, 0.3) is 32.8 Å². The van der Waals surface area contributed by atoms with Crippen molar-refractivity contribution in [1.82, 2.24) is 4.57 Å². The van der Waals surface area contributed by atoms with Gasteiger partial charge in [0, 0.05) is 16.2 Å². The van der Waals surface area contributed by atoms with Gasteiger partial charge >= 0.3 is 6.09 Å². The van der Waals surface area contributed by atoms with Crippen LogP contribution in [0.5, 0.6) is 0 Å². The van der Waals surface area contributed by atoms with Crippen molar-refractivity contribution >= 4 is 38.9 Å². The molecule has 24 heavy (non-hydrogen) atoms. The summed E-state index contributed by atoms with van der Waals surface area (Å²) in [6.45, 7) is 7.63. The molecule has 2 aromatic carbocycles. The van der Waals surface area contributed by atoms with Crippen molar-refractivity contribution in [2.24, 2.45) is 0 Å². The van der Waals surface area contributed by atoms with Gasteiger partial charge in [-0.25, -0.2) is 9.36 Å². The van der Waals surface area contributed by atoms with Crippen LogP contribution in [-0.2, 0) is 4.74 Å². The van der Waals surface area contributed by atoms with Gasteiger partial charge in [-0.3, -0.25) is 0 Å². The summed E-state index contributed by atoms with van der Waals surface area (Å²) in [4.78, 5) is 12.9. The average molecular weight is 321 g/mol. The van der Waals surface area contributed by atoms with Crippen LogP contribution in [0.1, 0.15) is 26.3 Å². The van der Waals surface area contributed by atoms with Gasteiger partial charge in [0.2, 0.25) is 0 Å². The molecule has 4 heteroatoms. The van der Waals surface area contributed by atoms with Gasteiger partial charge in [0.25, 0.3) is 0 Å². The molecular weight excluding hydrogens is 302 g/mol. The normalized spacial score (nSPS) is 12.3. The number of ether oxygens (including phenoxy) is 1. The summed E-state index contributed by atoms with van der Waals surface area (Å²) in [5, 5.41) is 2.99. The molecule has 4 rings (SSSR count). The van der Waals surface area contributed by atoms with Gasteiger partial charge in [0.1, 0.15) is 11.2 Å². The molecule has 4 aromatic rings. The summed E-state index contributed by atoms with van der Waals surface area (Å²) in [6.07, 6.45) is 1.29. The fourth-order valence-electron chi connectivity index (χ4n) is 3.26. The van der Waals surface area contributed by atoms with Crippen molar-refractivity contribution in [2.75, 3.05) is 0 Å². The van der Waals surface area contributed by atoms with Crippen LogP contribution in [0.2, 0.25) is 0 Å². The second kappa shape index (κ2) is 4.87. The molecule has 0 N–H and O–H groups in total. The Hall–Kier alpha value is -2.75. The predicted octanol–water partition coefficient (Wildman–Crippen LogP) is 5.63. The van der Waals surface area contributed by atoms with E-state index in [4.69, 9.17) is 9.15 Å². The maximum absolute atomic E-state index is 12.9. The van der Waals surface area contributed by atoms with Crippen LogP contribution in [0.4, 0.5) is 4.79 Å². The molecule has 0 saturated carbocycles. The van der Waals surface area contributed by atoms with Crippen molar-refractivity contribution < 1.29 is 13.9 Å². The largest absolute Gasteiger partial charge is 0.464 e. The Balaban J connectivity index is 2.17. The van der Waals surface area contributed by atoms with E-state index in [9.17, 15) is 4.79 Å². The number of rotatable bonds is 0. The first-order valence-corrected chi connectivity index (χ1v) is 8.00. The minimum Gasteiger partial charge on any atom is -0.464 e. The quantitative estimate of drug-likeness (QED) is 0.421. The van der Waals surface area contributed by atoms with E-state index >= 15 is 0 Å². The van der Waals surface area contributed by atoms with Gasteiger partial charge < -0.3 is 9.15 Å². The van der Waals surface area contributed by atoms with Crippen LogP contribution < -0.4 is 0 Å². The zero-order valence-corrected chi connectivity index (χ0v) is 14.2. The highest BCUT2D eigenvalue weighted by molar-refractivity contribution is 6.20. The highest BCUT2D eigenvalue weighted by Crippen LogP contribution is 2.36. The van der Waals surface area contributed by atoms with E-state index in [-0.39, 0.29) is 6.09 Å². The molecule has 0 spiro atoms. The molecule has 0 aliphatic carbocycles. The first-order valence-electron chi connectivity index (χ1n) is 8.00. The molecular formula is C20H19NO3. The van der Waals surface area contributed by atoms with Crippen LogP contribution in [0.15, 0.2) is 47.1 Å². The summed E-state index contributed by atoms with van der Waals surface area (Å²) >= 11 is 0. The lowest BCUT2D eigenvalue weighted by molar-refractivity contribution is 0.0551. The van der Waals surface area contributed by atoms with Gasteiger partial charge in [-0.05, 0) is 51.5 Å². The highest BCUT2D eigenvalue weighted by atomic mass is 16.6. The zero-order chi connectivity index (χ0) is 17.1. The molecule has 122 valence electrons. The van der Waals surface area contributed by atoms with E-state index in [1.54, 1.807) is 10.8 Å². The maximum atomic E-state index is 12.9. The fraction of sp³-hybridized carbons (Fsp3) is 0.250. The Kier molecular flexibility index (Phi) is 3.01. The van der Waals surface area contributed by atoms with Crippen molar-refractivity contribution in [3.05, 3.63) is 48.2 Å². The average Bonchev–Trinajstić information content (AvgIpc) is 3.08. The van der Waals surface area contributed by atoms with E-state index in [0.717, 1.165) is 38.3 Å². The van der Waals surface area contributed by atoms with E-state index in [1.807, 2.05) is 58.0 Å². The minimum absolute atomic E-state index is 0.375. The summed E-state index contributed by atoms with van der Waals surface area (Å²) in [5.74, 6) is 0. The van der Waals surface area contributed by atoms with E-state index in [2.05, 4.69) is 6.07 Å². The molecule has 0 amide bonds. The van der Waals surface area contributed by atoms with Crippen LogP contribution in [-0.4, -0.2) is 16.3 Å². The second-order valence-electron chi connectivity index (χ2n) is 7.09. The third-order valence-electron chi connectivity index (χ3n) is 4.13. The number of nitrogens with zero attached hydrogens (tertiary/aromatic N) is 1. The van der Waals surface area contributed by atoms with Gasteiger partial charge in [-0.2, -0.15) is 0 Å². The van der Waals surface area contributed by atoms with Gasteiger partial charge in [0.05, 0.1) is 17.3 Å². The number of aryl methyl sites for hydroxylation is 1. The molecule has 0 radical (unpaired) electrons. The Bertz CT molecular complexity index is 1090. The van der Waals surface area contributed by atoms with E-state index in [1.165, 1.54) is 0 Å². The Labute approximate surface area is 139 Å². The van der Waals surface area contributed by atoms with Gasteiger partial charge in [-0.15, -0.1) is 0 Å². The molecule has 0 aliphatic heterocycles. The standard InChI is InChI=1S/C20H19NO3/c1-12-11-15-13-7-5-6-8-16(13)21(19(22)24-20(2,3)4)17(15)14-9-10-23-18(12)14/h5-11H,1-4H3. The van der Waals surface area contributed by atoms with Crippen molar-refractivity contribution in [3.63, 3.8) is 0 Å². The molecule has 0 bridgehead atoms. The number of hydrogen-bond acceptors (Lipinski definition) is 3. The van der Waals surface area contributed by atoms with Gasteiger partial charge in [-0.1, -0.05) is 18.2 Å². The molecule has 0 atom stereocenters. The number of para-hydroxylation sites is 1. The number of aromatic nitrogens is 1. The highest BCUT2D eigenvalue weighted by Gasteiger charge is 2.24. The number of carbonyl (C=O) groups is 1. The lowest BCUT2D eigenvalue weighted by atomic mass is 10.1. The maximum Gasteiger partial charge on any atom is 0.419 e. The van der Waals surface area contributed by atoms with Crippen molar-refractivity contribution in [3.8, 4) is 0 Å². The van der Waals surface area contributed by atoms with Crippen molar-refractivity contribution in [1.29, 1.82) is 0 Å². The number of fused-ring (bicyclic) bond motifs is 5. The Morgan fingerprint density at radius 3 is 2.58 bits per heavy atom. The number of benzene rings is 2. The number of carbonyl (C=O) groups excluding carboxylic acids is 1. The minimum atomic E-state index is -0.561. The van der Waals surface area contributed by atoms with Crippen LogP contribution in [0, 0.1) is 6.92 Å². The van der Waals surface area contributed by atoms with Crippen LogP contribution >= 0.6 is 0 Å². The number of furan rings is 1. The molecule has 2 heterocycles. The summed E-state index contributed by atoms with van der Waals surface area (Å²) in [7, 11) is 0. The lowest BCUT2D eigenvalue weighted by Crippen LogP contribution is -2.27. The predicted molar refractivity (Wildman–Crippen MR) is 95.6 cm³/mol. The molecule has 0 fully saturated rings. The third-order valence-corrected chi connectivity index (χ3v) is 4.13. The van der Waals surface area contributed by atoms with Crippen molar-refractivity contribution in [2.45, 2.75) is 33.3 Å². The number of hydrogen-bond donors (Lipinski definition) is 0. The first-order chi connectivity index (χ1) is 11.4. The molecule has 0 saturated heterocycles. The fourth-order valence-corrected chi connectivity index (χ4v) is 3.26. The van der Waals surface area contributed by atoms with Gasteiger partial charge in [0.15, 0.2) is 0 Å². The third kappa shape index (κ3) is 2.10. The second-order valence-corrected chi connectivity index (χ2v) is 7.09. The van der Waals surface area contributed by atoms with Crippen LogP contribution in [0.3, 0.4) is 0 Å². The summed E-state index contributed by atoms with van der Waals surface area (Å²) in [6, 6.07) is 11.9. The molecule has 0 aliphatic rings. The molecule has 0 unspecified atom stereocenters. The summed E-state index contributed by atoms with van der Waals surface area (Å²) < 4.78 is 12.9. The Morgan fingerprint density at radius 1 is 1.08 bits per heavy atom.